The van der Waals surface area contributed by atoms with Crippen LogP contribution in [0.15, 0.2) is 18.2 Å². The third kappa shape index (κ3) is 4.25. The Morgan fingerprint density at radius 3 is 2.80 bits per heavy atom. The molecular weight excluding hydrogens is 254 g/mol. The Hall–Kier alpha value is -2.06. The molecule has 1 atom stereocenters. The number of methoxy groups -OCH3 is 1. The van der Waals surface area contributed by atoms with Crippen molar-refractivity contribution in [3.63, 3.8) is 0 Å². The molecule has 1 rings (SSSR count). The van der Waals surface area contributed by atoms with Crippen LogP contribution in [0.4, 0.5) is 0 Å². The molecule has 1 aromatic rings. The van der Waals surface area contributed by atoms with E-state index < -0.39 is 0 Å². The first-order chi connectivity index (χ1) is 9.51. The van der Waals surface area contributed by atoms with E-state index in [1.807, 2.05) is 24.9 Å². The van der Waals surface area contributed by atoms with Gasteiger partial charge in [-0.25, -0.2) is 0 Å². The summed E-state index contributed by atoms with van der Waals surface area (Å²) in [4.78, 5) is 13.6. The van der Waals surface area contributed by atoms with Gasteiger partial charge in [0.25, 0.3) is 0 Å². The van der Waals surface area contributed by atoms with Crippen LogP contribution in [-0.2, 0) is 11.3 Å². The minimum absolute atomic E-state index is 0.0228. The normalized spacial score (nSPS) is 11.8. The first-order valence-corrected chi connectivity index (χ1v) is 6.49. The molecule has 1 unspecified atom stereocenters. The van der Waals surface area contributed by atoms with Gasteiger partial charge in [-0.3, -0.25) is 4.79 Å². The number of carbonyl (C=O) groups is 1. The smallest absolute Gasteiger partial charge is 0.223 e. The van der Waals surface area contributed by atoms with Gasteiger partial charge in [-0.05, 0) is 25.2 Å². The molecule has 0 spiro atoms. The molecule has 0 saturated carbocycles. The first-order valence-electron chi connectivity index (χ1n) is 6.49. The standard InChI is InChI=1S/C15H21N3O2/c1-11(15(19)17-2)9-18(3)10-13-7-12(8-16)5-6-14(13)20-4/h5-7,11H,9-10H2,1-4H3,(H,17,19). The van der Waals surface area contributed by atoms with Crippen LogP contribution in [0.5, 0.6) is 5.75 Å². The molecule has 0 fully saturated rings. The summed E-state index contributed by atoms with van der Waals surface area (Å²) in [5.74, 6) is 0.688. The molecule has 1 amide bonds. The van der Waals surface area contributed by atoms with Gasteiger partial charge >= 0.3 is 0 Å². The number of nitrogens with zero attached hydrogens (tertiary/aromatic N) is 2. The van der Waals surface area contributed by atoms with Gasteiger partial charge < -0.3 is 15.0 Å². The number of benzene rings is 1. The Balaban J connectivity index is 2.77. The molecule has 0 heterocycles. The fourth-order valence-corrected chi connectivity index (χ4v) is 2.12. The second-order valence-corrected chi connectivity index (χ2v) is 4.85. The summed E-state index contributed by atoms with van der Waals surface area (Å²) in [6.07, 6.45) is 0. The third-order valence-electron chi connectivity index (χ3n) is 3.13. The predicted molar refractivity (Wildman–Crippen MR) is 77.3 cm³/mol. The average molecular weight is 275 g/mol. The zero-order chi connectivity index (χ0) is 15.1. The lowest BCUT2D eigenvalue weighted by Gasteiger charge is -2.21. The van der Waals surface area contributed by atoms with Crippen molar-refractivity contribution in [1.29, 1.82) is 5.26 Å². The summed E-state index contributed by atoms with van der Waals surface area (Å²) < 4.78 is 5.30. The van der Waals surface area contributed by atoms with Crippen LogP contribution in [0, 0.1) is 17.2 Å². The van der Waals surface area contributed by atoms with Gasteiger partial charge in [0, 0.05) is 31.6 Å². The fraction of sp³-hybridized carbons (Fsp3) is 0.467. The summed E-state index contributed by atoms with van der Waals surface area (Å²) in [5, 5.41) is 11.6. The molecule has 0 saturated heterocycles. The van der Waals surface area contributed by atoms with Crippen molar-refractivity contribution in [3.05, 3.63) is 29.3 Å². The quantitative estimate of drug-likeness (QED) is 0.852. The molecule has 0 aliphatic carbocycles. The number of rotatable bonds is 6. The van der Waals surface area contributed by atoms with Crippen molar-refractivity contribution in [1.82, 2.24) is 10.2 Å². The van der Waals surface area contributed by atoms with Crippen LogP contribution in [0.3, 0.4) is 0 Å². The highest BCUT2D eigenvalue weighted by Gasteiger charge is 2.15. The van der Waals surface area contributed by atoms with Gasteiger partial charge in [-0.2, -0.15) is 5.26 Å². The maximum Gasteiger partial charge on any atom is 0.223 e. The summed E-state index contributed by atoms with van der Waals surface area (Å²) >= 11 is 0. The monoisotopic (exact) mass is 275 g/mol. The Morgan fingerprint density at radius 2 is 2.25 bits per heavy atom. The first kappa shape index (κ1) is 16.0. The van der Waals surface area contributed by atoms with E-state index in [9.17, 15) is 4.79 Å². The highest BCUT2D eigenvalue weighted by Crippen LogP contribution is 2.21. The van der Waals surface area contributed by atoms with Crippen LogP contribution in [0.2, 0.25) is 0 Å². The van der Waals surface area contributed by atoms with E-state index in [4.69, 9.17) is 10.00 Å². The molecule has 0 aliphatic heterocycles. The van der Waals surface area contributed by atoms with Crippen LogP contribution >= 0.6 is 0 Å². The lowest BCUT2D eigenvalue weighted by atomic mass is 10.1. The largest absolute Gasteiger partial charge is 0.496 e. The van der Waals surface area contributed by atoms with Gasteiger partial charge in [-0.15, -0.1) is 0 Å². The number of amides is 1. The van der Waals surface area contributed by atoms with Crippen molar-refractivity contribution in [3.8, 4) is 11.8 Å². The molecular formula is C15H21N3O2. The van der Waals surface area contributed by atoms with Crippen LogP contribution in [0.25, 0.3) is 0 Å². The molecule has 0 radical (unpaired) electrons. The average Bonchev–Trinajstić information content (AvgIpc) is 2.45. The van der Waals surface area contributed by atoms with Crippen LogP contribution < -0.4 is 10.1 Å². The second kappa shape index (κ2) is 7.51. The zero-order valence-electron chi connectivity index (χ0n) is 12.4. The van der Waals surface area contributed by atoms with E-state index >= 15 is 0 Å². The molecule has 0 bridgehead atoms. The maximum absolute atomic E-state index is 11.5. The number of nitriles is 1. The number of carbonyl (C=O) groups excluding carboxylic acids is 1. The topological polar surface area (TPSA) is 65.4 Å². The molecule has 5 nitrogen and oxygen atoms in total. The number of ether oxygens (including phenoxy) is 1. The summed E-state index contributed by atoms with van der Waals surface area (Å²) in [7, 11) is 5.19. The fourth-order valence-electron chi connectivity index (χ4n) is 2.12. The van der Waals surface area contributed by atoms with Crippen LogP contribution in [0.1, 0.15) is 18.1 Å². The SMILES string of the molecule is CNC(=O)C(C)CN(C)Cc1cc(C#N)ccc1OC. The maximum atomic E-state index is 11.5. The van der Waals surface area contributed by atoms with E-state index in [1.54, 1.807) is 26.3 Å². The molecule has 20 heavy (non-hydrogen) atoms. The Bertz CT molecular complexity index is 508. The van der Waals surface area contributed by atoms with Crippen molar-refractivity contribution >= 4 is 5.91 Å². The minimum atomic E-state index is -0.0878. The predicted octanol–water partition coefficient (Wildman–Crippen LogP) is 1.38. The van der Waals surface area contributed by atoms with Gasteiger partial charge in [0.05, 0.1) is 18.7 Å². The summed E-state index contributed by atoms with van der Waals surface area (Å²) in [5.41, 5.74) is 1.55. The van der Waals surface area contributed by atoms with Gasteiger partial charge in [-0.1, -0.05) is 6.92 Å². The van der Waals surface area contributed by atoms with Crippen molar-refractivity contribution in [2.45, 2.75) is 13.5 Å². The molecule has 0 aromatic heterocycles. The highest BCUT2D eigenvalue weighted by molar-refractivity contribution is 5.78. The van der Waals surface area contributed by atoms with Crippen molar-refractivity contribution < 1.29 is 9.53 Å². The molecule has 1 N–H and O–H groups in total. The Morgan fingerprint density at radius 1 is 1.55 bits per heavy atom. The number of hydrogen-bond acceptors (Lipinski definition) is 4. The molecule has 108 valence electrons. The van der Waals surface area contributed by atoms with Crippen molar-refractivity contribution in [2.75, 3.05) is 27.7 Å². The summed E-state index contributed by atoms with van der Waals surface area (Å²) in [6.45, 7) is 3.15. The van der Waals surface area contributed by atoms with E-state index in [0.717, 1.165) is 11.3 Å². The van der Waals surface area contributed by atoms with Crippen LogP contribution in [-0.4, -0.2) is 38.6 Å². The third-order valence-corrected chi connectivity index (χ3v) is 3.13. The molecule has 1 aromatic carbocycles. The Labute approximate surface area is 120 Å². The zero-order valence-corrected chi connectivity index (χ0v) is 12.4. The van der Waals surface area contributed by atoms with Gasteiger partial charge in [0.2, 0.25) is 5.91 Å². The van der Waals surface area contributed by atoms with E-state index in [1.165, 1.54) is 0 Å². The van der Waals surface area contributed by atoms with E-state index in [2.05, 4.69) is 11.4 Å². The number of hydrogen-bond donors (Lipinski definition) is 1. The highest BCUT2D eigenvalue weighted by atomic mass is 16.5. The number of nitrogens with one attached hydrogen (secondary N) is 1. The lowest BCUT2D eigenvalue weighted by Crippen LogP contribution is -2.34. The minimum Gasteiger partial charge on any atom is -0.496 e. The van der Waals surface area contributed by atoms with Crippen molar-refractivity contribution in [2.24, 2.45) is 5.92 Å². The molecule has 5 heteroatoms. The van der Waals surface area contributed by atoms with E-state index in [-0.39, 0.29) is 11.8 Å². The summed E-state index contributed by atoms with van der Waals surface area (Å²) in [6, 6.07) is 7.47. The van der Waals surface area contributed by atoms with Gasteiger partial charge in [0.15, 0.2) is 0 Å². The second-order valence-electron chi connectivity index (χ2n) is 4.85. The van der Waals surface area contributed by atoms with Gasteiger partial charge in [0.1, 0.15) is 5.75 Å². The lowest BCUT2D eigenvalue weighted by molar-refractivity contribution is -0.124. The Kier molecular flexibility index (Phi) is 6.01. The molecule has 0 aliphatic rings. The van der Waals surface area contributed by atoms with E-state index in [0.29, 0.717) is 18.7 Å².